The van der Waals surface area contributed by atoms with Crippen LogP contribution in [0.5, 0.6) is 0 Å². The summed E-state index contributed by atoms with van der Waals surface area (Å²) in [6.45, 7) is 8.40. The van der Waals surface area contributed by atoms with E-state index >= 15 is 0 Å². The van der Waals surface area contributed by atoms with Crippen LogP contribution >= 0.6 is 0 Å². The van der Waals surface area contributed by atoms with Gasteiger partial charge in [-0.05, 0) is 25.8 Å². The van der Waals surface area contributed by atoms with Crippen LogP contribution in [0.3, 0.4) is 0 Å². The van der Waals surface area contributed by atoms with E-state index in [0.29, 0.717) is 0 Å². The van der Waals surface area contributed by atoms with Crippen molar-refractivity contribution in [2.45, 2.75) is 19.3 Å². The normalized spacial score (nSPS) is 19.9. The van der Waals surface area contributed by atoms with Crippen molar-refractivity contribution in [3.05, 3.63) is 12.2 Å². The third kappa shape index (κ3) is 3.37. The van der Waals surface area contributed by atoms with Crippen molar-refractivity contribution in [1.82, 2.24) is 4.90 Å². The van der Waals surface area contributed by atoms with Gasteiger partial charge in [0.15, 0.2) is 0 Å². The van der Waals surface area contributed by atoms with Gasteiger partial charge in [0, 0.05) is 26.8 Å². The summed E-state index contributed by atoms with van der Waals surface area (Å²) in [5.74, 6) is 0. The third-order valence-corrected chi connectivity index (χ3v) is 2.27. The fourth-order valence-corrected chi connectivity index (χ4v) is 1.65. The van der Waals surface area contributed by atoms with E-state index in [1.165, 1.54) is 25.0 Å². The average molecular weight is 169 g/mol. The Morgan fingerprint density at radius 1 is 1.58 bits per heavy atom. The van der Waals surface area contributed by atoms with Crippen LogP contribution in [-0.2, 0) is 4.74 Å². The molecule has 1 aliphatic rings. The Labute approximate surface area is 75.2 Å². The van der Waals surface area contributed by atoms with E-state index in [-0.39, 0.29) is 0 Å². The molecule has 0 atom stereocenters. The molecule has 2 nitrogen and oxygen atoms in total. The van der Waals surface area contributed by atoms with Crippen LogP contribution in [0.4, 0.5) is 0 Å². The van der Waals surface area contributed by atoms with Crippen LogP contribution < -0.4 is 0 Å². The van der Waals surface area contributed by atoms with Crippen molar-refractivity contribution in [2.75, 3.05) is 33.4 Å². The second-order valence-electron chi connectivity index (χ2n) is 3.48. The monoisotopic (exact) mass is 169 g/mol. The van der Waals surface area contributed by atoms with Crippen molar-refractivity contribution >= 4 is 0 Å². The molecule has 0 aliphatic carbocycles. The number of hydrogen-bond acceptors (Lipinski definition) is 2. The molecule has 0 radical (unpaired) electrons. The maximum absolute atomic E-state index is 5.01. The zero-order chi connectivity index (χ0) is 8.81. The highest BCUT2D eigenvalue weighted by molar-refractivity contribution is 5.00. The summed E-state index contributed by atoms with van der Waals surface area (Å²) in [7, 11) is 1.76. The van der Waals surface area contributed by atoms with Crippen molar-refractivity contribution in [2.24, 2.45) is 0 Å². The zero-order valence-electron chi connectivity index (χ0n) is 8.01. The maximum atomic E-state index is 5.01. The predicted octanol–water partition coefficient (Wildman–Crippen LogP) is 1.67. The molecule has 0 N–H and O–H groups in total. The largest absolute Gasteiger partial charge is 0.385 e. The molecule has 1 saturated heterocycles. The van der Waals surface area contributed by atoms with E-state index in [0.717, 1.165) is 26.1 Å². The van der Waals surface area contributed by atoms with Gasteiger partial charge in [0.05, 0.1) is 0 Å². The number of rotatable bonds is 4. The van der Waals surface area contributed by atoms with Crippen molar-refractivity contribution < 1.29 is 4.74 Å². The number of nitrogens with zero attached hydrogens (tertiary/aromatic N) is 1. The van der Waals surface area contributed by atoms with Gasteiger partial charge in [-0.2, -0.15) is 0 Å². The molecule has 1 fully saturated rings. The Morgan fingerprint density at radius 3 is 3.08 bits per heavy atom. The molecule has 0 bridgehead atoms. The quantitative estimate of drug-likeness (QED) is 0.469. The molecule has 0 aromatic rings. The minimum Gasteiger partial charge on any atom is -0.385 e. The van der Waals surface area contributed by atoms with Crippen molar-refractivity contribution in [3.8, 4) is 0 Å². The Bertz CT molecular complexity index is 145. The van der Waals surface area contributed by atoms with Crippen LogP contribution in [-0.4, -0.2) is 38.3 Å². The number of likely N-dealkylation sites (tertiary alicyclic amines) is 1. The molecule has 0 saturated carbocycles. The fourth-order valence-electron chi connectivity index (χ4n) is 1.65. The molecule has 0 unspecified atom stereocenters. The number of piperidine rings is 1. The smallest absolute Gasteiger partial charge is 0.0474 e. The number of hydrogen-bond donors (Lipinski definition) is 0. The molecule has 0 amide bonds. The molecule has 0 aromatic heterocycles. The molecule has 1 rings (SSSR count). The van der Waals surface area contributed by atoms with Crippen LogP contribution in [0.15, 0.2) is 12.2 Å². The van der Waals surface area contributed by atoms with Gasteiger partial charge in [-0.15, -0.1) is 0 Å². The van der Waals surface area contributed by atoms with E-state index in [4.69, 9.17) is 4.74 Å². The van der Waals surface area contributed by atoms with Gasteiger partial charge in [0.2, 0.25) is 0 Å². The SMILES string of the molecule is C=C1CCCN(CCCOC)C1. The topological polar surface area (TPSA) is 12.5 Å². The third-order valence-electron chi connectivity index (χ3n) is 2.27. The van der Waals surface area contributed by atoms with E-state index in [1.807, 2.05) is 0 Å². The van der Waals surface area contributed by atoms with Crippen molar-refractivity contribution in [3.63, 3.8) is 0 Å². The number of methoxy groups -OCH3 is 1. The first-order chi connectivity index (χ1) is 5.83. The predicted molar refractivity (Wildman–Crippen MR) is 51.3 cm³/mol. The summed E-state index contributed by atoms with van der Waals surface area (Å²) in [4.78, 5) is 2.46. The molecule has 0 aromatic carbocycles. The average Bonchev–Trinajstić information content (AvgIpc) is 2.05. The van der Waals surface area contributed by atoms with Crippen LogP contribution in [0, 0.1) is 0 Å². The molecular weight excluding hydrogens is 150 g/mol. The van der Waals surface area contributed by atoms with Gasteiger partial charge >= 0.3 is 0 Å². The summed E-state index contributed by atoms with van der Waals surface area (Å²) in [6.07, 6.45) is 3.65. The van der Waals surface area contributed by atoms with E-state index in [9.17, 15) is 0 Å². The first-order valence-electron chi connectivity index (χ1n) is 4.71. The van der Waals surface area contributed by atoms with Crippen LogP contribution in [0.1, 0.15) is 19.3 Å². The highest BCUT2D eigenvalue weighted by atomic mass is 16.5. The number of ether oxygens (including phenoxy) is 1. The highest BCUT2D eigenvalue weighted by Crippen LogP contribution is 2.13. The summed E-state index contributed by atoms with van der Waals surface area (Å²) in [5.41, 5.74) is 1.39. The van der Waals surface area contributed by atoms with Gasteiger partial charge in [-0.1, -0.05) is 12.2 Å². The first-order valence-corrected chi connectivity index (χ1v) is 4.71. The lowest BCUT2D eigenvalue weighted by Gasteiger charge is -2.27. The van der Waals surface area contributed by atoms with Crippen LogP contribution in [0.25, 0.3) is 0 Å². The van der Waals surface area contributed by atoms with Crippen LogP contribution in [0.2, 0.25) is 0 Å². The Balaban J connectivity index is 2.10. The van der Waals surface area contributed by atoms with Gasteiger partial charge in [0.1, 0.15) is 0 Å². The summed E-state index contributed by atoms with van der Waals surface area (Å²) < 4.78 is 5.01. The van der Waals surface area contributed by atoms with E-state index in [1.54, 1.807) is 7.11 Å². The minimum atomic E-state index is 0.878. The molecule has 1 heterocycles. The Morgan fingerprint density at radius 2 is 2.42 bits per heavy atom. The van der Waals surface area contributed by atoms with Gasteiger partial charge in [-0.3, -0.25) is 4.90 Å². The van der Waals surface area contributed by atoms with E-state index in [2.05, 4.69) is 11.5 Å². The Hall–Kier alpha value is -0.340. The second kappa shape index (κ2) is 5.33. The zero-order valence-corrected chi connectivity index (χ0v) is 8.01. The second-order valence-corrected chi connectivity index (χ2v) is 3.48. The summed E-state index contributed by atoms with van der Waals surface area (Å²) in [6, 6.07) is 0. The molecule has 70 valence electrons. The fraction of sp³-hybridized carbons (Fsp3) is 0.800. The maximum Gasteiger partial charge on any atom is 0.0474 e. The van der Waals surface area contributed by atoms with Gasteiger partial charge in [-0.25, -0.2) is 0 Å². The molecular formula is C10H19NO. The highest BCUT2D eigenvalue weighted by Gasteiger charge is 2.11. The lowest BCUT2D eigenvalue weighted by Crippen LogP contribution is -2.32. The lowest BCUT2D eigenvalue weighted by molar-refractivity contribution is 0.170. The molecule has 12 heavy (non-hydrogen) atoms. The molecule has 0 spiro atoms. The first kappa shape index (κ1) is 9.75. The lowest BCUT2D eigenvalue weighted by atomic mass is 10.1. The van der Waals surface area contributed by atoms with Gasteiger partial charge in [0.25, 0.3) is 0 Å². The minimum absolute atomic E-state index is 0.878. The summed E-state index contributed by atoms with van der Waals surface area (Å²) in [5, 5.41) is 0. The van der Waals surface area contributed by atoms with Crippen molar-refractivity contribution in [1.29, 1.82) is 0 Å². The molecule has 2 heteroatoms. The summed E-state index contributed by atoms with van der Waals surface area (Å²) >= 11 is 0. The molecule has 1 aliphatic heterocycles. The Kier molecular flexibility index (Phi) is 4.33. The standard InChI is InChI=1S/C10H19NO/c1-10-5-3-6-11(9-10)7-4-8-12-2/h1,3-9H2,2H3. The van der Waals surface area contributed by atoms with Gasteiger partial charge < -0.3 is 4.74 Å². The van der Waals surface area contributed by atoms with E-state index < -0.39 is 0 Å².